The van der Waals surface area contributed by atoms with E-state index < -0.39 is 22.2 Å². The summed E-state index contributed by atoms with van der Waals surface area (Å²) in [7, 11) is 2.72. The van der Waals surface area contributed by atoms with Gasteiger partial charge in [0.2, 0.25) is 5.41 Å². The van der Waals surface area contributed by atoms with Gasteiger partial charge in [-0.1, -0.05) is 66.7 Å². The molecule has 0 aliphatic carbocycles. The van der Waals surface area contributed by atoms with Gasteiger partial charge in [-0.15, -0.1) is 0 Å². The van der Waals surface area contributed by atoms with Crippen molar-refractivity contribution in [3.05, 3.63) is 106 Å². The Morgan fingerprint density at radius 3 is 2.09 bits per heavy atom. The third-order valence-corrected chi connectivity index (χ3v) is 5.70. The van der Waals surface area contributed by atoms with Crippen LogP contribution < -0.4 is 4.90 Å². The molecule has 4 rings (SSSR count). The molecule has 160 valence electrons. The van der Waals surface area contributed by atoms with Crippen molar-refractivity contribution >= 4 is 34.0 Å². The number of nitro benzene ring substituents is 1. The lowest BCUT2D eigenvalue weighted by Crippen LogP contribution is -2.47. The zero-order valence-corrected chi connectivity index (χ0v) is 17.5. The van der Waals surface area contributed by atoms with Crippen LogP contribution in [0.3, 0.4) is 0 Å². The largest absolute Gasteiger partial charge is 0.468 e. The number of methoxy groups -OCH3 is 1. The number of hydrogen-bond donors (Lipinski definition) is 0. The van der Waals surface area contributed by atoms with Crippen LogP contribution in [0.25, 0.3) is 10.8 Å². The molecule has 1 aliphatic rings. The molecule has 7 nitrogen and oxygen atoms in total. The van der Waals surface area contributed by atoms with Crippen molar-refractivity contribution in [1.82, 2.24) is 0 Å². The number of anilines is 1. The van der Waals surface area contributed by atoms with E-state index in [4.69, 9.17) is 4.74 Å². The highest BCUT2D eigenvalue weighted by Gasteiger charge is 2.60. The van der Waals surface area contributed by atoms with Crippen LogP contribution in [0.2, 0.25) is 0 Å². The van der Waals surface area contributed by atoms with Gasteiger partial charge in [0.15, 0.2) is 0 Å². The number of esters is 1. The molecule has 3 aromatic rings. The fraction of sp³-hybridized carbons (Fsp3) is 0.120. The Hall–Kier alpha value is -4.26. The lowest BCUT2D eigenvalue weighted by molar-refractivity contribution is -0.385. The number of rotatable bonds is 3. The van der Waals surface area contributed by atoms with Gasteiger partial charge in [-0.2, -0.15) is 0 Å². The van der Waals surface area contributed by atoms with Crippen molar-refractivity contribution in [2.75, 3.05) is 19.1 Å². The molecule has 1 amide bonds. The van der Waals surface area contributed by atoms with Crippen LogP contribution in [0.15, 0.2) is 84.9 Å². The Kier molecular flexibility index (Phi) is 5.32. The molecule has 0 bridgehead atoms. The van der Waals surface area contributed by atoms with E-state index in [1.165, 1.54) is 30.2 Å². The summed E-state index contributed by atoms with van der Waals surface area (Å²) < 4.78 is 5.07. The van der Waals surface area contributed by atoms with Gasteiger partial charge in [0.05, 0.1) is 17.6 Å². The number of fused-ring (bicyclic) bond motifs is 2. The maximum atomic E-state index is 13.7. The Labute approximate surface area is 184 Å². The summed E-state index contributed by atoms with van der Waals surface area (Å²) in [6.07, 6.45) is 0. The second kappa shape index (κ2) is 8.11. The summed E-state index contributed by atoms with van der Waals surface area (Å²) in [5, 5.41) is 13.4. The second-order valence-electron chi connectivity index (χ2n) is 7.37. The highest BCUT2D eigenvalue weighted by Crippen LogP contribution is 2.50. The van der Waals surface area contributed by atoms with Crippen molar-refractivity contribution in [3.8, 4) is 0 Å². The highest BCUT2D eigenvalue weighted by molar-refractivity contribution is 6.24. The van der Waals surface area contributed by atoms with Crippen LogP contribution >= 0.6 is 0 Å². The van der Waals surface area contributed by atoms with Crippen LogP contribution in [-0.4, -0.2) is 31.0 Å². The molecule has 0 saturated heterocycles. The molecule has 1 aliphatic heterocycles. The number of nitro groups is 1. The molecular formula is C25H20N2O5. The molecule has 0 fully saturated rings. The number of hydrogen-bond acceptors (Lipinski definition) is 5. The van der Waals surface area contributed by atoms with Gasteiger partial charge >= 0.3 is 5.97 Å². The number of carbonyl (C=O) groups is 2. The summed E-state index contributed by atoms with van der Waals surface area (Å²) in [5.74, 6) is -1.47. The third-order valence-electron chi connectivity index (χ3n) is 5.70. The Balaban J connectivity index is 2.16. The van der Waals surface area contributed by atoms with E-state index in [1.54, 1.807) is 19.2 Å². The highest BCUT2D eigenvalue weighted by atomic mass is 16.6. The topological polar surface area (TPSA) is 89.7 Å². The van der Waals surface area contributed by atoms with Crippen molar-refractivity contribution in [2.24, 2.45) is 0 Å². The van der Waals surface area contributed by atoms with Crippen molar-refractivity contribution in [2.45, 2.75) is 5.41 Å². The number of ether oxygens (including phenoxy) is 1. The fourth-order valence-corrected chi connectivity index (χ4v) is 4.21. The number of likely N-dealkylation sites (N-methyl/N-ethyl adjacent to an activating group) is 1. The quantitative estimate of drug-likeness (QED) is 0.268. The van der Waals surface area contributed by atoms with Gasteiger partial charge in [-0.05, 0) is 22.9 Å². The van der Waals surface area contributed by atoms with Crippen molar-refractivity contribution < 1.29 is 19.2 Å². The fourth-order valence-electron chi connectivity index (χ4n) is 4.21. The first-order chi connectivity index (χ1) is 15.4. The number of benzene rings is 2. The maximum absolute atomic E-state index is 13.7. The first kappa shape index (κ1) is 21.0. The predicted molar refractivity (Wildman–Crippen MR) is 121 cm³/mol. The average Bonchev–Trinajstić information content (AvgIpc) is 3.02. The molecule has 0 saturated carbocycles. The summed E-state index contributed by atoms with van der Waals surface area (Å²) in [4.78, 5) is 39.5. The van der Waals surface area contributed by atoms with E-state index in [9.17, 15) is 19.7 Å². The first-order valence-electron chi connectivity index (χ1n) is 9.90. The van der Waals surface area contributed by atoms with E-state index in [0.717, 1.165) is 10.8 Å². The van der Waals surface area contributed by atoms with Crippen LogP contribution in [0.1, 0.15) is 11.1 Å². The molecule has 1 heterocycles. The molecule has 7 heteroatoms. The Morgan fingerprint density at radius 2 is 1.47 bits per heavy atom. The van der Waals surface area contributed by atoms with Gasteiger partial charge in [0, 0.05) is 24.4 Å². The smallest absolute Gasteiger partial charge is 0.330 e. The molecule has 1 unspecified atom stereocenters. The monoisotopic (exact) mass is 428 g/mol. The standard InChI is InChI=1S/C25H20N2O5/c1-26-22-16-18-12-8-6-4-3-5-7-11-17(18)15-20(22)25(23(26)28,24(29)32-2)19-13-9-10-14-21(19)27(30)31/h3-16H,1-2H3. The number of carbonyl (C=O) groups excluding carboxylic acids is 2. The minimum atomic E-state index is -1.99. The lowest BCUT2D eigenvalue weighted by atomic mass is 9.74. The van der Waals surface area contributed by atoms with Gasteiger partial charge in [0.1, 0.15) is 0 Å². The number of nitrogens with zero attached hydrogens (tertiary/aromatic N) is 2. The van der Waals surface area contributed by atoms with E-state index in [2.05, 4.69) is 0 Å². The molecule has 32 heavy (non-hydrogen) atoms. The van der Waals surface area contributed by atoms with Crippen LogP contribution in [0.5, 0.6) is 0 Å². The van der Waals surface area contributed by atoms with Crippen LogP contribution in [0.4, 0.5) is 11.4 Å². The first-order valence-corrected chi connectivity index (χ1v) is 9.90. The molecule has 0 spiro atoms. The van der Waals surface area contributed by atoms with Gasteiger partial charge < -0.3 is 9.64 Å². The normalized spacial score (nSPS) is 16.9. The minimum Gasteiger partial charge on any atom is -0.468 e. The van der Waals surface area contributed by atoms with Gasteiger partial charge in [0.25, 0.3) is 11.6 Å². The Bertz CT molecular complexity index is 1320. The van der Waals surface area contributed by atoms with E-state index >= 15 is 0 Å². The van der Waals surface area contributed by atoms with Crippen molar-refractivity contribution in [3.63, 3.8) is 0 Å². The number of amides is 1. The zero-order valence-electron chi connectivity index (χ0n) is 17.5. The zero-order chi connectivity index (χ0) is 22.9. The predicted octanol–water partition coefficient (Wildman–Crippen LogP) is 4.31. The minimum absolute atomic E-state index is 0.0189. The maximum Gasteiger partial charge on any atom is 0.330 e. The Morgan fingerprint density at radius 1 is 0.906 bits per heavy atom. The number of para-hydroxylation sites is 1. The van der Waals surface area contributed by atoms with Crippen LogP contribution in [0, 0.1) is 10.1 Å². The lowest BCUT2D eigenvalue weighted by Gasteiger charge is -2.25. The molecule has 0 aromatic heterocycles. The summed E-state index contributed by atoms with van der Waals surface area (Å²) in [6.45, 7) is 0. The SMILES string of the molecule is COC(=O)C1(c2ccccc2[N+](=O)[O-])C(=O)N(C)c2cc3ccccccccc3cc21. The summed E-state index contributed by atoms with van der Waals surface area (Å²) in [5.41, 5.74) is -1.49. The van der Waals surface area contributed by atoms with Crippen LogP contribution in [-0.2, 0) is 19.7 Å². The molecule has 0 N–H and O–H groups in total. The summed E-state index contributed by atoms with van der Waals surface area (Å²) in [6, 6.07) is 24.3. The third kappa shape index (κ3) is 3.06. The van der Waals surface area contributed by atoms with Gasteiger partial charge in [-0.25, -0.2) is 0 Å². The van der Waals surface area contributed by atoms with E-state index in [-0.39, 0.29) is 11.3 Å². The second-order valence-corrected chi connectivity index (χ2v) is 7.37. The molecule has 3 aromatic carbocycles. The molecular weight excluding hydrogens is 408 g/mol. The molecule has 1 atom stereocenters. The van der Waals surface area contributed by atoms with Gasteiger partial charge in [-0.3, -0.25) is 19.7 Å². The summed E-state index contributed by atoms with van der Waals surface area (Å²) >= 11 is 0. The average molecular weight is 428 g/mol. The van der Waals surface area contributed by atoms with E-state index in [0.29, 0.717) is 11.3 Å². The van der Waals surface area contributed by atoms with E-state index in [1.807, 2.05) is 54.6 Å². The van der Waals surface area contributed by atoms with Crippen molar-refractivity contribution in [1.29, 1.82) is 0 Å². The molecule has 0 radical (unpaired) electrons.